The topological polar surface area (TPSA) is 75.5 Å². The fourth-order valence-electron chi connectivity index (χ4n) is 3.71. The summed E-state index contributed by atoms with van der Waals surface area (Å²) in [4.78, 5) is 24.9. The van der Waals surface area contributed by atoms with Gasteiger partial charge in [0.25, 0.3) is 11.6 Å². The van der Waals surface area contributed by atoms with Crippen molar-refractivity contribution in [3.63, 3.8) is 0 Å². The van der Waals surface area contributed by atoms with Crippen molar-refractivity contribution in [3.05, 3.63) is 39.4 Å². The van der Waals surface area contributed by atoms with Crippen molar-refractivity contribution in [2.45, 2.75) is 50.7 Å². The Kier molecular flexibility index (Phi) is 5.26. The number of halogens is 1. The van der Waals surface area contributed by atoms with Crippen molar-refractivity contribution in [1.82, 2.24) is 10.2 Å². The van der Waals surface area contributed by atoms with Crippen molar-refractivity contribution in [2.75, 3.05) is 7.05 Å². The third-order valence-electron chi connectivity index (χ3n) is 4.96. The van der Waals surface area contributed by atoms with E-state index in [-0.39, 0.29) is 30.0 Å². The van der Waals surface area contributed by atoms with E-state index in [0.717, 1.165) is 12.8 Å². The van der Waals surface area contributed by atoms with Gasteiger partial charge in [-0.3, -0.25) is 14.9 Å². The molecule has 126 valence electrons. The first-order valence-electron chi connectivity index (χ1n) is 7.74. The van der Waals surface area contributed by atoms with Gasteiger partial charge in [0.1, 0.15) is 0 Å². The molecule has 2 atom stereocenters. The minimum absolute atomic E-state index is 0. The van der Waals surface area contributed by atoms with Crippen molar-refractivity contribution in [2.24, 2.45) is 0 Å². The number of carbonyl (C=O) groups excluding carboxylic acids is 1. The van der Waals surface area contributed by atoms with Crippen LogP contribution in [0.4, 0.5) is 5.69 Å². The van der Waals surface area contributed by atoms with E-state index < -0.39 is 4.92 Å². The van der Waals surface area contributed by atoms with E-state index in [2.05, 4.69) is 5.32 Å². The maximum absolute atomic E-state index is 12.6. The van der Waals surface area contributed by atoms with Gasteiger partial charge in [0, 0.05) is 42.4 Å². The second kappa shape index (κ2) is 6.84. The van der Waals surface area contributed by atoms with Crippen LogP contribution < -0.4 is 5.32 Å². The van der Waals surface area contributed by atoms with Crippen molar-refractivity contribution in [3.8, 4) is 0 Å². The summed E-state index contributed by atoms with van der Waals surface area (Å²) in [6.07, 6.45) is 4.37. The summed E-state index contributed by atoms with van der Waals surface area (Å²) < 4.78 is 0. The van der Waals surface area contributed by atoms with Gasteiger partial charge >= 0.3 is 0 Å². The summed E-state index contributed by atoms with van der Waals surface area (Å²) in [5, 5.41) is 14.4. The number of nitro groups is 1. The summed E-state index contributed by atoms with van der Waals surface area (Å²) >= 11 is 0. The number of hydrogen-bond donors (Lipinski definition) is 1. The predicted molar refractivity (Wildman–Crippen MR) is 90.1 cm³/mol. The lowest BCUT2D eigenvalue weighted by Crippen LogP contribution is -2.48. The molecule has 0 aliphatic carbocycles. The largest absolute Gasteiger partial charge is 0.339 e. The number of nitro benzene ring substituents is 1. The standard InChI is InChI=1S/C16H21N3O3.ClH/c1-10-7-11(3-6-15(10)19(21)22)16(20)18(2)14-8-12-4-5-13(9-14)17-12;/h3,6-7,12-14,17H,4-5,8-9H2,1-2H3;1H. The van der Waals surface area contributed by atoms with Gasteiger partial charge in [-0.15, -0.1) is 12.4 Å². The first-order valence-corrected chi connectivity index (χ1v) is 7.74. The minimum atomic E-state index is -0.419. The van der Waals surface area contributed by atoms with Gasteiger partial charge in [-0.2, -0.15) is 0 Å². The number of fused-ring (bicyclic) bond motifs is 2. The van der Waals surface area contributed by atoms with Gasteiger partial charge in [0.15, 0.2) is 0 Å². The fraction of sp³-hybridized carbons (Fsp3) is 0.562. The number of nitrogens with one attached hydrogen (secondary N) is 1. The second-order valence-electron chi connectivity index (χ2n) is 6.44. The van der Waals surface area contributed by atoms with E-state index >= 15 is 0 Å². The van der Waals surface area contributed by atoms with E-state index in [9.17, 15) is 14.9 Å². The highest BCUT2D eigenvalue weighted by Crippen LogP contribution is 2.30. The monoisotopic (exact) mass is 339 g/mol. The number of hydrogen-bond acceptors (Lipinski definition) is 4. The zero-order chi connectivity index (χ0) is 15.9. The molecule has 2 aliphatic heterocycles. The molecule has 2 unspecified atom stereocenters. The number of piperidine rings is 1. The molecule has 0 saturated carbocycles. The van der Waals surface area contributed by atoms with Crippen LogP contribution in [0.25, 0.3) is 0 Å². The highest BCUT2D eigenvalue weighted by atomic mass is 35.5. The maximum atomic E-state index is 12.6. The fourth-order valence-corrected chi connectivity index (χ4v) is 3.71. The Morgan fingerprint density at radius 1 is 1.30 bits per heavy atom. The molecule has 1 aromatic carbocycles. The van der Waals surface area contributed by atoms with E-state index in [1.165, 1.54) is 18.9 Å². The van der Waals surface area contributed by atoms with Gasteiger partial charge in [0.05, 0.1) is 4.92 Å². The number of carbonyl (C=O) groups is 1. The smallest absolute Gasteiger partial charge is 0.272 e. The molecule has 2 aliphatic rings. The Morgan fingerprint density at radius 3 is 2.43 bits per heavy atom. The van der Waals surface area contributed by atoms with Crippen LogP contribution in [-0.2, 0) is 0 Å². The highest BCUT2D eigenvalue weighted by Gasteiger charge is 2.36. The summed E-state index contributed by atoms with van der Waals surface area (Å²) in [7, 11) is 1.84. The van der Waals surface area contributed by atoms with Gasteiger partial charge in [-0.1, -0.05) is 0 Å². The van der Waals surface area contributed by atoms with E-state index in [0.29, 0.717) is 23.2 Å². The summed E-state index contributed by atoms with van der Waals surface area (Å²) in [6.45, 7) is 1.67. The first kappa shape index (κ1) is 17.7. The van der Waals surface area contributed by atoms with Gasteiger partial charge in [-0.05, 0) is 44.7 Å². The third kappa shape index (κ3) is 3.48. The molecule has 2 saturated heterocycles. The molecule has 3 rings (SSSR count). The maximum Gasteiger partial charge on any atom is 0.272 e. The van der Waals surface area contributed by atoms with Gasteiger partial charge in [0.2, 0.25) is 0 Å². The Bertz CT molecular complexity index is 611. The van der Waals surface area contributed by atoms with E-state index in [1.54, 1.807) is 19.1 Å². The van der Waals surface area contributed by atoms with E-state index in [1.807, 2.05) is 11.9 Å². The van der Waals surface area contributed by atoms with Crippen molar-refractivity contribution >= 4 is 24.0 Å². The number of nitrogens with zero attached hydrogens (tertiary/aromatic N) is 2. The third-order valence-corrected chi connectivity index (χ3v) is 4.96. The molecular formula is C16H22ClN3O3. The van der Waals surface area contributed by atoms with Crippen LogP contribution in [0.5, 0.6) is 0 Å². The molecule has 1 aromatic rings. The molecule has 2 fully saturated rings. The average Bonchev–Trinajstić information content (AvgIpc) is 2.83. The zero-order valence-corrected chi connectivity index (χ0v) is 14.1. The van der Waals surface area contributed by atoms with Gasteiger partial charge in [-0.25, -0.2) is 0 Å². The van der Waals surface area contributed by atoms with E-state index in [4.69, 9.17) is 0 Å². The Hall–Kier alpha value is -1.66. The Labute approximate surface area is 141 Å². The van der Waals surface area contributed by atoms with Crippen molar-refractivity contribution in [1.29, 1.82) is 0 Å². The number of aryl methyl sites for hydroxylation is 1. The molecule has 2 bridgehead atoms. The lowest BCUT2D eigenvalue weighted by Gasteiger charge is -2.35. The van der Waals surface area contributed by atoms with Gasteiger partial charge < -0.3 is 10.2 Å². The lowest BCUT2D eigenvalue weighted by molar-refractivity contribution is -0.385. The van der Waals surface area contributed by atoms with Crippen LogP contribution >= 0.6 is 12.4 Å². The zero-order valence-electron chi connectivity index (χ0n) is 13.3. The Morgan fingerprint density at radius 2 is 1.91 bits per heavy atom. The van der Waals surface area contributed by atoms with Crippen molar-refractivity contribution < 1.29 is 9.72 Å². The molecule has 0 spiro atoms. The molecule has 1 N–H and O–H groups in total. The molecule has 1 amide bonds. The lowest BCUT2D eigenvalue weighted by atomic mass is 9.97. The molecule has 0 radical (unpaired) electrons. The summed E-state index contributed by atoms with van der Waals surface area (Å²) in [5.74, 6) is -0.0516. The minimum Gasteiger partial charge on any atom is -0.339 e. The molecule has 23 heavy (non-hydrogen) atoms. The van der Waals surface area contributed by atoms with Crippen LogP contribution in [0, 0.1) is 17.0 Å². The summed E-state index contributed by atoms with van der Waals surface area (Å²) in [6, 6.07) is 5.89. The normalized spacial score (nSPS) is 25.6. The van der Waals surface area contributed by atoms with Crippen LogP contribution in [0.1, 0.15) is 41.6 Å². The quantitative estimate of drug-likeness (QED) is 0.678. The number of benzene rings is 1. The predicted octanol–water partition coefficient (Wildman–Crippen LogP) is 2.68. The van der Waals surface area contributed by atoms with Crippen LogP contribution in [-0.4, -0.2) is 40.9 Å². The SMILES string of the molecule is Cc1cc(C(=O)N(C)C2CC3CCC(C2)N3)ccc1[N+](=O)[O-].Cl. The van der Waals surface area contributed by atoms with Crippen LogP contribution in [0.3, 0.4) is 0 Å². The highest BCUT2D eigenvalue weighted by molar-refractivity contribution is 5.94. The summed E-state index contributed by atoms with van der Waals surface area (Å²) in [5.41, 5.74) is 1.10. The molecular weight excluding hydrogens is 318 g/mol. The Balaban J connectivity index is 0.00000192. The molecule has 0 aromatic heterocycles. The molecule has 6 nitrogen and oxygen atoms in total. The number of rotatable bonds is 3. The number of amides is 1. The first-order chi connectivity index (χ1) is 10.5. The van der Waals surface area contributed by atoms with Crippen LogP contribution in [0.15, 0.2) is 18.2 Å². The molecule has 7 heteroatoms. The molecule has 2 heterocycles. The van der Waals surface area contributed by atoms with Crippen LogP contribution in [0.2, 0.25) is 0 Å². The second-order valence-corrected chi connectivity index (χ2v) is 6.44. The average molecular weight is 340 g/mol.